The van der Waals surface area contributed by atoms with Gasteiger partial charge in [-0.1, -0.05) is 0 Å². The van der Waals surface area contributed by atoms with E-state index in [2.05, 4.69) is 20.3 Å². The molecule has 27 heavy (non-hydrogen) atoms. The van der Waals surface area contributed by atoms with Crippen LogP contribution in [0.15, 0.2) is 24.7 Å². The first-order valence-electron chi connectivity index (χ1n) is 9.34. The predicted molar refractivity (Wildman–Crippen MR) is 103 cm³/mol. The maximum atomic E-state index is 13.6. The Labute approximate surface area is 157 Å². The van der Waals surface area contributed by atoms with Gasteiger partial charge in [-0.2, -0.15) is 0 Å². The molecule has 2 fully saturated rings. The zero-order chi connectivity index (χ0) is 18.8. The highest BCUT2D eigenvalue weighted by Crippen LogP contribution is 2.25. The molecule has 2 aromatic rings. The van der Waals surface area contributed by atoms with Crippen molar-refractivity contribution < 1.29 is 4.39 Å². The average molecular weight is 372 g/mol. The smallest absolute Gasteiger partial charge is 0.129 e. The molecule has 144 valence electrons. The van der Waals surface area contributed by atoms with Crippen LogP contribution in [0.2, 0.25) is 0 Å². The summed E-state index contributed by atoms with van der Waals surface area (Å²) in [6.07, 6.45) is 4.84. The van der Waals surface area contributed by atoms with Gasteiger partial charge in [0.1, 0.15) is 29.5 Å². The number of hydrogen-bond acceptors (Lipinski definition) is 8. The third kappa shape index (κ3) is 3.79. The molecule has 0 amide bonds. The average Bonchev–Trinajstić information content (AvgIpc) is 3.14. The number of fused-ring (bicyclic) bond motifs is 1. The highest BCUT2D eigenvalue weighted by atomic mass is 19.1. The Bertz CT molecular complexity index is 835. The Kier molecular flexibility index (Phi) is 5.04. The second-order valence-corrected chi connectivity index (χ2v) is 7.10. The molecule has 0 bridgehead atoms. The second-order valence-electron chi connectivity index (χ2n) is 7.10. The first-order valence-corrected chi connectivity index (χ1v) is 9.34. The van der Waals surface area contributed by atoms with Gasteiger partial charge >= 0.3 is 0 Å². The van der Waals surface area contributed by atoms with Gasteiger partial charge in [-0.25, -0.2) is 25.2 Å². The Morgan fingerprint density at radius 3 is 2.81 bits per heavy atom. The van der Waals surface area contributed by atoms with Gasteiger partial charge in [-0.15, -0.1) is 0 Å². The lowest BCUT2D eigenvalue weighted by Crippen LogP contribution is -2.44. The van der Waals surface area contributed by atoms with Gasteiger partial charge in [0.2, 0.25) is 0 Å². The highest BCUT2D eigenvalue weighted by molar-refractivity contribution is 5.86. The van der Waals surface area contributed by atoms with Crippen LogP contribution in [0.3, 0.4) is 0 Å². The maximum Gasteiger partial charge on any atom is 0.129 e. The fourth-order valence-corrected chi connectivity index (χ4v) is 3.67. The van der Waals surface area contributed by atoms with E-state index in [1.54, 1.807) is 11.2 Å². The largest absolute Gasteiger partial charge is 0.396 e. The molecule has 0 saturated carbocycles. The minimum absolute atomic E-state index is 0.243. The Balaban J connectivity index is 1.64. The molecular weight excluding hydrogens is 347 g/mol. The summed E-state index contributed by atoms with van der Waals surface area (Å²) in [6, 6.07) is 3.98. The maximum absolute atomic E-state index is 13.6. The number of nitrogens with one attached hydrogen (secondary N) is 1. The van der Waals surface area contributed by atoms with Crippen molar-refractivity contribution in [3.8, 4) is 0 Å². The second kappa shape index (κ2) is 7.61. The summed E-state index contributed by atoms with van der Waals surface area (Å²) < 4.78 is 13.6. The van der Waals surface area contributed by atoms with E-state index < -0.39 is 6.17 Å². The van der Waals surface area contributed by atoms with E-state index >= 15 is 0 Å². The number of anilines is 1. The first kappa shape index (κ1) is 17.9. The van der Waals surface area contributed by atoms with Crippen LogP contribution in [0.25, 0.3) is 16.7 Å². The normalized spacial score (nSPS) is 21.8. The van der Waals surface area contributed by atoms with Gasteiger partial charge in [0.25, 0.3) is 0 Å². The molecule has 0 aliphatic carbocycles. The van der Waals surface area contributed by atoms with Crippen molar-refractivity contribution >= 4 is 22.5 Å². The Morgan fingerprint density at radius 2 is 2.07 bits per heavy atom. The van der Waals surface area contributed by atoms with Crippen molar-refractivity contribution in [3.63, 3.8) is 0 Å². The number of nitrogens with zero attached hydrogens (tertiary/aromatic N) is 5. The molecule has 4 heterocycles. The number of aromatic nitrogens is 3. The Morgan fingerprint density at radius 1 is 1.26 bits per heavy atom. The summed E-state index contributed by atoms with van der Waals surface area (Å²) in [5, 5.41) is 4.99. The minimum Gasteiger partial charge on any atom is -0.396 e. The zero-order valence-corrected chi connectivity index (χ0v) is 15.2. The number of alkyl halides is 1. The number of piperidine rings is 1. The van der Waals surface area contributed by atoms with Crippen LogP contribution in [0, 0.1) is 0 Å². The van der Waals surface area contributed by atoms with Crippen LogP contribution in [0.5, 0.6) is 0 Å². The monoisotopic (exact) mass is 372 g/mol. The molecular formula is C18H25FN8. The molecule has 9 heteroatoms. The van der Waals surface area contributed by atoms with Crippen LogP contribution < -0.4 is 21.8 Å². The number of hydrogen-bond donors (Lipinski definition) is 3. The van der Waals surface area contributed by atoms with Gasteiger partial charge < -0.3 is 21.0 Å². The number of rotatable bonds is 4. The Hall–Kier alpha value is -2.52. The van der Waals surface area contributed by atoms with Crippen LogP contribution in [-0.4, -0.2) is 58.4 Å². The van der Waals surface area contributed by atoms with Crippen molar-refractivity contribution in [2.45, 2.75) is 31.5 Å². The molecule has 1 unspecified atom stereocenters. The standard InChI is InChI=1S/C18H25FN8/c19-12-5-8-26(9-12)16-2-1-15-18(25-16)17(24-11-23-15)14(20)10-27(21)13-3-6-22-7-4-13/h1-2,10-13,22H,3-9,20-21H2/b14-10-. The van der Waals surface area contributed by atoms with E-state index in [1.807, 2.05) is 17.0 Å². The SMILES string of the molecule is N/C(=C\N(N)C1CCNCC1)c1ncnc2ccc(N3CCC(F)C3)nc12. The van der Waals surface area contributed by atoms with Gasteiger partial charge in [0.05, 0.1) is 17.8 Å². The summed E-state index contributed by atoms with van der Waals surface area (Å²) in [6.45, 7) is 2.90. The lowest BCUT2D eigenvalue weighted by molar-refractivity contribution is 0.231. The number of halogens is 1. The molecule has 4 rings (SSSR count). The molecule has 2 saturated heterocycles. The van der Waals surface area contributed by atoms with E-state index in [-0.39, 0.29) is 6.04 Å². The molecule has 0 radical (unpaired) electrons. The van der Waals surface area contributed by atoms with E-state index in [4.69, 9.17) is 11.6 Å². The van der Waals surface area contributed by atoms with Crippen LogP contribution in [0.1, 0.15) is 25.0 Å². The molecule has 0 aromatic carbocycles. The zero-order valence-electron chi connectivity index (χ0n) is 15.2. The van der Waals surface area contributed by atoms with Crippen molar-refractivity contribution in [1.29, 1.82) is 0 Å². The first-order chi connectivity index (χ1) is 13.1. The highest BCUT2D eigenvalue weighted by Gasteiger charge is 2.23. The van der Waals surface area contributed by atoms with Crippen LogP contribution >= 0.6 is 0 Å². The van der Waals surface area contributed by atoms with Gasteiger partial charge in [0, 0.05) is 18.8 Å². The summed E-state index contributed by atoms with van der Waals surface area (Å²) in [5.74, 6) is 6.93. The molecule has 2 aromatic heterocycles. The van der Waals surface area contributed by atoms with E-state index in [1.165, 1.54) is 6.33 Å². The molecule has 2 aliphatic heterocycles. The lowest BCUT2D eigenvalue weighted by Gasteiger charge is -2.30. The van der Waals surface area contributed by atoms with Crippen molar-refractivity contribution in [3.05, 3.63) is 30.4 Å². The van der Waals surface area contributed by atoms with E-state index in [0.29, 0.717) is 41.9 Å². The van der Waals surface area contributed by atoms with Crippen molar-refractivity contribution in [1.82, 2.24) is 25.3 Å². The van der Waals surface area contributed by atoms with E-state index in [0.717, 1.165) is 31.7 Å². The quantitative estimate of drug-likeness (QED) is 0.533. The third-order valence-electron chi connectivity index (χ3n) is 5.21. The van der Waals surface area contributed by atoms with Crippen molar-refractivity contribution in [2.24, 2.45) is 11.6 Å². The molecule has 8 nitrogen and oxygen atoms in total. The summed E-state index contributed by atoms with van der Waals surface area (Å²) in [7, 11) is 0. The fourth-order valence-electron chi connectivity index (χ4n) is 3.67. The summed E-state index contributed by atoms with van der Waals surface area (Å²) in [4.78, 5) is 15.2. The lowest BCUT2D eigenvalue weighted by atomic mass is 10.1. The third-order valence-corrected chi connectivity index (χ3v) is 5.21. The molecule has 2 aliphatic rings. The number of nitrogens with two attached hydrogens (primary N) is 2. The predicted octanol–water partition coefficient (Wildman–Crippen LogP) is 0.758. The molecule has 0 spiro atoms. The molecule has 1 atom stereocenters. The topological polar surface area (TPSA) is 109 Å². The van der Waals surface area contributed by atoms with Crippen LogP contribution in [-0.2, 0) is 0 Å². The minimum atomic E-state index is -0.810. The molecule has 5 N–H and O–H groups in total. The van der Waals surface area contributed by atoms with E-state index in [9.17, 15) is 4.39 Å². The van der Waals surface area contributed by atoms with Gasteiger partial charge in [0.15, 0.2) is 0 Å². The summed E-state index contributed by atoms with van der Waals surface area (Å²) in [5.41, 5.74) is 8.60. The van der Waals surface area contributed by atoms with Gasteiger partial charge in [-0.05, 0) is 44.5 Å². The summed E-state index contributed by atoms with van der Waals surface area (Å²) >= 11 is 0. The van der Waals surface area contributed by atoms with Gasteiger partial charge in [-0.3, -0.25) is 0 Å². The van der Waals surface area contributed by atoms with Crippen LogP contribution in [0.4, 0.5) is 10.2 Å². The number of hydrazine groups is 1. The number of pyridine rings is 1. The van der Waals surface area contributed by atoms with Crippen molar-refractivity contribution in [2.75, 3.05) is 31.1 Å². The fraction of sp³-hybridized carbons (Fsp3) is 0.500.